The van der Waals surface area contributed by atoms with Crippen molar-refractivity contribution in [3.63, 3.8) is 0 Å². The maximum Gasteiger partial charge on any atom is 0.432 e. The molecular formula is C4H6O10S. The summed E-state index contributed by atoms with van der Waals surface area (Å²) in [5.74, 6) is -3.84. The fourth-order valence-corrected chi connectivity index (χ4v) is 0.543. The summed E-state index contributed by atoms with van der Waals surface area (Å²) < 4.78 is 30.7. The van der Waals surface area contributed by atoms with Gasteiger partial charge in [-0.25, -0.2) is 9.59 Å². The molecule has 4 N–H and O–H groups in total. The van der Waals surface area contributed by atoms with E-state index in [1.54, 1.807) is 0 Å². The second kappa shape index (κ2) is 4.99. The summed E-state index contributed by atoms with van der Waals surface area (Å²) in [6, 6.07) is 0. The molecule has 0 saturated heterocycles. The van der Waals surface area contributed by atoms with Crippen LogP contribution < -0.4 is 0 Å². The maximum atomic E-state index is 10.5. The molecule has 0 aliphatic carbocycles. The lowest BCUT2D eigenvalue weighted by molar-refractivity contribution is -0.228. The fraction of sp³-hybridized carbons (Fsp3) is 0.500. The fourth-order valence-electron chi connectivity index (χ4n) is 0.390. The van der Waals surface area contributed by atoms with E-state index in [0.717, 1.165) is 0 Å². The monoisotopic (exact) mass is 246 g/mol. The van der Waals surface area contributed by atoms with Crippen LogP contribution in [0.4, 0.5) is 0 Å². The van der Waals surface area contributed by atoms with Gasteiger partial charge >= 0.3 is 22.3 Å². The number of aliphatic hydroxyl groups is 2. The largest absolute Gasteiger partial charge is 0.479 e. The van der Waals surface area contributed by atoms with E-state index in [1.165, 1.54) is 0 Å². The van der Waals surface area contributed by atoms with Crippen LogP contribution in [-0.4, -0.2) is 52.4 Å². The van der Waals surface area contributed by atoms with Crippen LogP contribution in [-0.2, 0) is 29.2 Å². The molecule has 0 radical (unpaired) electrons. The molecule has 0 spiro atoms. The minimum atomic E-state index is -5.08. The molecule has 0 rings (SSSR count). The van der Waals surface area contributed by atoms with E-state index in [9.17, 15) is 18.0 Å². The first-order chi connectivity index (χ1) is 6.65. The number of carbonyl (C=O) groups excluding carboxylic acids is 1. The highest BCUT2D eigenvalue weighted by atomic mass is 32.3. The average molecular weight is 246 g/mol. The Morgan fingerprint density at radius 3 is 1.93 bits per heavy atom. The molecule has 0 aromatic rings. The minimum Gasteiger partial charge on any atom is -0.479 e. The molecule has 10 nitrogen and oxygen atoms in total. The zero-order chi connectivity index (χ0) is 12.2. The Morgan fingerprint density at radius 2 is 1.60 bits per heavy atom. The molecule has 88 valence electrons. The van der Waals surface area contributed by atoms with Crippen molar-refractivity contribution >= 4 is 22.3 Å². The van der Waals surface area contributed by atoms with Gasteiger partial charge in [0.15, 0.2) is 12.2 Å². The van der Waals surface area contributed by atoms with Gasteiger partial charge in [-0.1, -0.05) is 0 Å². The Labute approximate surface area is 82.5 Å². The molecule has 0 aromatic carbocycles. The van der Waals surface area contributed by atoms with E-state index in [2.05, 4.69) is 9.22 Å². The van der Waals surface area contributed by atoms with Crippen LogP contribution in [0.1, 0.15) is 0 Å². The smallest absolute Gasteiger partial charge is 0.432 e. The van der Waals surface area contributed by atoms with Gasteiger partial charge in [0.1, 0.15) is 0 Å². The first-order valence-corrected chi connectivity index (χ1v) is 4.48. The Morgan fingerprint density at radius 1 is 1.13 bits per heavy atom. The Hall–Kier alpha value is -1.27. The van der Waals surface area contributed by atoms with Crippen LogP contribution in [0, 0.1) is 0 Å². The molecule has 0 aromatic heterocycles. The lowest BCUT2D eigenvalue weighted by Gasteiger charge is -2.10. The molecule has 0 heterocycles. The summed E-state index contributed by atoms with van der Waals surface area (Å²) in [4.78, 5) is 23.8. The number of hydrogen-bond acceptors (Lipinski definition) is 8. The SMILES string of the molecule is O=C(O)C(O)C(O)C(=O)OOS(=O)(=O)O. The second-order valence-corrected chi connectivity index (χ2v) is 3.12. The Kier molecular flexibility index (Phi) is 4.57. The van der Waals surface area contributed by atoms with E-state index in [-0.39, 0.29) is 0 Å². The molecule has 0 saturated carbocycles. The summed E-state index contributed by atoms with van der Waals surface area (Å²) in [5, 5.41) is 25.4. The van der Waals surface area contributed by atoms with E-state index >= 15 is 0 Å². The van der Waals surface area contributed by atoms with Crippen LogP contribution in [0.15, 0.2) is 0 Å². The molecule has 0 aliphatic rings. The number of aliphatic carboxylic acids is 1. The van der Waals surface area contributed by atoms with Crippen molar-refractivity contribution in [3.05, 3.63) is 0 Å². The summed E-state index contributed by atoms with van der Waals surface area (Å²) in [6.07, 6.45) is -5.06. The van der Waals surface area contributed by atoms with Crippen molar-refractivity contribution in [2.75, 3.05) is 0 Å². The third-order valence-electron chi connectivity index (χ3n) is 0.996. The van der Waals surface area contributed by atoms with Gasteiger partial charge in [-0.05, 0) is 4.33 Å². The first kappa shape index (κ1) is 13.7. The summed E-state index contributed by atoms with van der Waals surface area (Å²) in [5.41, 5.74) is 0. The van der Waals surface area contributed by atoms with Gasteiger partial charge in [0, 0.05) is 0 Å². The maximum absolute atomic E-state index is 10.5. The van der Waals surface area contributed by atoms with Gasteiger partial charge in [0.05, 0.1) is 0 Å². The molecule has 2 unspecified atom stereocenters. The minimum absolute atomic E-state index is 1.90. The van der Waals surface area contributed by atoms with Gasteiger partial charge in [-0.2, -0.15) is 8.42 Å². The number of hydrogen-bond donors (Lipinski definition) is 4. The van der Waals surface area contributed by atoms with Crippen LogP contribution in [0.2, 0.25) is 0 Å². The van der Waals surface area contributed by atoms with Crippen LogP contribution in [0.5, 0.6) is 0 Å². The average Bonchev–Trinajstić information content (AvgIpc) is 2.10. The second-order valence-electron chi connectivity index (χ2n) is 2.13. The number of carboxylic acid groups (broad SMARTS) is 1. The Bertz CT molecular complexity index is 342. The first-order valence-electron chi connectivity index (χ1n) is 3.11. The standard InChI is InChI=1S/C4H6O10S/c5-1(3(7)8)2(6)4(9)13-14-15(10,11)12/h1-2,5-6H,(H,7,8)(H,10,11,12). The third kappa shape index (κ3) is 5.24. The quantitative estimate of drug-likeness (QED) is 0.224. The van der Waals surface area contributed by atoms with E-state index in [4.69, 9.17) is 19.9 Å². The van der Waals surface area contributed by atoms with Crippen molar-refractivity contribution in [2.24, 2.45) is 0 Å². The number of rotatable bonds is 5. The van der Waals surface area contributed by atoms with Crippen LogP contribution >= 0.6 is 0 Å². The molecule has 0 aliphatic heterocycles. The van der Waals surface area contributed by atoms with Gasteiger partial charge < -0.3 is 15.3 Å². The number of carboxylic acids is 1. The summed E-state index contributed by atoms with van der Waals surface area (Å²) >= 11 is 0. The van der Waals surface area contributed by atoms with Crippen molar-refractivity contribution < 1.29 is 47.1 Å². The predicted molar refractivity (Wildman–Crippen MR) is 38.4 cm³/mol. The number of carbonyl (C=O) groups is 2. The van der Waals surface area contributed by atoms with Gasteiger partial charge in [-0.15, -0.1) is 0 Å². The molecule has 2 atom stereocenters. The molecule has 0 fully saturated rings. The molecule has 11 heteroatoms. The van der Waals surface area contributed by atoms with Gasteiger partial charge in [-0.3, -0.25) is 9.44 Å². The molecule has 0 bridgehead atoms. The predicted octanol–water partition coefficient (Wildman–Crippen LogP) is -2.93. The molecule has 0 amide bonds. The van der Waals surface area contributed by atoms with E-state index in [1.807, 2.05) is 0 Å². The zero-order valence-electron chi connectivity index (χ0n) is 6.80. The lowest BCUT2D eigenvalue weighted by Crippen LogP contribution is -2.40. The Balaban J connectivity index is 4.29. The van der Waals surface area contributed by atoms with Crippen molar-refractivity contribution in [1.82, 2.24) is 0 Å². The highest BCUT2D eigenvalue weighted by molar-refractivity contribution is 7.80. The highest BCUT2D eigenvalue weighted by Gasteiger charge is 2.33. The molecule has 15 heavy (non-hydrogen) atoms. The number of aliphatic hydroxyl groups excluding tert-OH is 2. The third-order valence-corrected chi connectivity index (χ3v) is 1.24. The van der Waals surface area contributed by atoms with E-state index in [0.29, 0.717) is 0 Å². The summed E-state index contributed by atoms with van der Waals surface area (Å²) in [6.45, 7) is 0. The van der Waals surface area contributed by atoms with Crippen LogP contribution in [0.25, 0.3) is 0 Å². The normalized spacial score (nSPS) is 15.4. The van der Waals surface area contributed by atoms with Gasteiger partial charge in [0.2, 0.25) is 0 Å². The van der Waals surface area contributed by atoms with Gasteiger partial charge in [0.25, 0.3) is 0 Å². The lowest BCUT2D eigenvalue weighted by atomic mass is 10.2. The van der Waals surface area contributed by atoms with Crippen molar-refractivity contribution in [2.45, 2.75) is 12.2 Å². The summed E-state index contributed by atoms with van der Waals surface area (Å²) in [7, 11) is -5.08. The van der Waals surface area contributed by atoms with Crippen molar-refractivity contribution in [3.8, 4) is 0 Å². The molecular weight excluding hydrogens is 240 g/mol. The topological polar surface area (TPSA) is 168 Å². The highest BCUT2D eigenvalue weighted by Crippen LogP contribution is 1.99. The van der Waals surface area contributed by atoms with E-state index < -0.39 is 34.5 Å². The zero-order valence-corrected chi connectivity index (χ0v) is 7.62. The van der Waals surface area contributed by atoms with Crippen LogP contribution in [0.3, 0.4) is 0 Å². The van der Waals surface area contributed by atoms with Crippen molar-refractivity contribution in [1.29, 1.82) is 0 Å².